The summed E-state index contributed by atoms with van der Waals surface area (Å²) in [7, 11) is -3.06. The Morgan fingerprint density at radius 2 is 2.07 bits per heavy atom. The number of aryl methyl sites for hydroxylation is 1. The Morgan fingerprint density at radius 3 is 2.79 bits per heavy atom. The zero-order valence-corrected chi connectivity index (χ0v) is 15.7. The number of sulfone groups is 1. The molecule has 2 aromatic heterocycles. The van der Waals surface area contributed by atoms with Crippen molar-refractivity contribution in [3.05, 3.63) is 47.0 Å². The number of hydrogen-bond acceptors (Lipinski definition) is 7. The average molecular weight is 402 g/mol. The molecular weight excluding hydrogens is 384 g/mol. The van der Waals surface area contributed by atoms with Crippen LogP contribution in [0.4, 0.5) is 0 Å². The van der Waals surface area contributed by atoms with Crippen molar-refractivity contribution in [2.24, 2.45) is 0 Å². The minimum Gasteiger partial charge on any atom is -0.352 e. The molecule has 0 saturated carbocycles. The van der Waals surface area contributed by atoms with E-state index in [0.717, 1.165) is 5.56 Å². The van der Waals surface area contributed by atoms with Crippen molar-refractivity contribution < 1.29 is 17.7 Å². The molecular formula is C18H18N4O5S. The molecule has 1 N–H and O–H groups in total. The number of carbonyl (C=O) groups is 1. The first-order valence-corrected chi connectivity index (χ1v) is 10.6. The Hall–Kier alpha value is -3.01. The summed E-state index contributed by atoms with van der Waals surface area (Å²) in [6, 6.07) is 8.91. The van der Waals surface area contributed by atoms with Crippen LogP contribution in [-0.4, -0.2) is 46.6 Å². The molecule has 10 heteroatoms. The summed E-state index contributed by atoms with van der Waals surface area (Å²) < 4.78 is 29.4. The largest absolute Gasteiger partial charge is 0.352 e. The maximum Gasteiger partial charge on any atom is 0.299 e. The van der Waals surface area contributed by atoms with E-state index in [4.69, 9.17) is 4.52 Å². The van der Waals surface area contributed by atoms with E-state index in [1.807, 2.05) is 30.3 Å². The Bertz CT molecular complexity index is 1180. The van der Waals surface area contributed by atoms with Crippen LogP contribution in [0.5, 0.6) is 0 Å². The van der Waals surface area contributed by atoms with Gasteiger partial charge in [-0.2, -0.15) is 0 Å². The fraction of sp³-hybridized carbons (Fsp3) is 0.333. The molecule has 146 valence electrons. The molecule has 1 saturated heterocycles. The number of nitrogens with zero attached hydrogens (tertiary/aromatic N) is 3. The van der Waals surface area contributed by atoms with E-state index in [-0.39, 0.29) is 42.0 Å². The van der Waals surface area contributed by atoms with Crippen molar-refractivity contribution in [1.82, 2.24) is 20.0 Å². The smallest absolute Gasteiger partial charge is 0.299 e. The molecule has 1 fully saturated rings. The molecule has 1 atom stereocenters. The molecule has 0 aliphatic carbocycles. The summed E-state index contributed by atoms with van der Waals surface area (Å²) in [6.45, 7) is 0.106. The third-order valence-corrected chi connectivity index (χ3v) is 6.44. The monoisotopic (exact) mass is 402 g/mol. The highest BCUT2D eigenvalue weighted by Gasteiger charge is 2.28. The SMILES string of the molecule is O=C(CCn1cnc2c(-c3ccccc3)noc2c1=O)N[C@@H]1CCS(=O)(=O)C1. The Labute approximate surface area is 160 Å². The van der Waals surface area contributed by atoms with Crippen LogP contribution in [0.3, 0.4) is 0 Å². The molecule has 3 aromatic rings. The van der Waals surface area contributed by atoms with Crippen molar-refractivity contribution in [3.8, 4) is 11.3 Å². The molecule has 1 amide bonds. The molecule has 28 heavy (non-hydrogen) atoms. The van der Waals surface area contributed by atoms with Crippen LogP contribution in [-0.2, 0) is 21.2 Å². The van der Waals surface area contributed by atoms with Crippen LogP contribution in [0, 0.1) is 0 Å². The molecule has 0 unspecified atom stereocenters. The van der Waals surface area contributed by atoms with Crippen molar-refractivity contribution in [3.63, 3.8) is 0 Å². The minimum absolute atomic E-state index is 0.0311. The summed E-state index contributed by atoms with van der Waals surface area (Å²) in [4.78, 5) is 28.9. The fourth-order valence-electron chi connectivity index (χ4n) is 3.23. The zero-order valence-electron chi connectivity index (χ0n) is 14.9. The second-order valence-electron chi connectivity index (χ2n) is 6.74. The third-order valence-electron chi connectivity index (χ3n) is 4.67. The van der Waals surface area contributed by atoms with Crippen molar-refractivity contribution in [2.45, 2.75) is 25.4 Å². The van der Waals surface area contributed by atoms with Gasteiger partial charge in [0, 0.05) is 24.6 Å². The molecule has 0 spiro atoms. The molecule has 4 rings (SSSR count). The molecule has 9 nitrogen and oxygen atoms in total. The predicted molar refractivity (Wildman–Crippen MR) is 101 cm³/mol. The number of nitrogens with one attached hydrogen (secondary N) is 1. The van der Waals surface area contributed by atoms with Gasteiger partial charge in [-0.1, -0.05) is 35.5 Å². The number of benzene rings is 1. The van der Waals surface area contributed by atoms with Crippen LogP contribution >= 0.6 is 0 Å². The standard InChI is InChI=1S/C18H18N4O5S/c23-14(20-13-7-9-28(25,26)10-13)6-8-22-11-19-16-15(12-4-2-1-3-5-12)21-27-17(16)18(22)24/h1-5,11,13H,6-10H2,(H,20,23)/t13-/m1/s1. The lowest BCUT2D eigenvalue weighted by molar-refractivity contribution is -0.121. The highest BCUT2D eigenvalue weighted by molar-refractivity contribution is 7.91. The Morgan fingerprint density at radius 1 is 1.29 bits per heavy atom. The van der Waals surface area contributed by atoms with Crippen LogP contribution in [0.1, 0.15) is 12.8 Å². The predicted octanol–water partition coefficient (Wildman–Crippen LogP) is 0.745. The van der Waals surface area contributed by atoms with Crippen LogP contribution < -0.4 is 10.9 Å². The maximum absolute atomic E-state index is 12.6. The van der Waals surface area contributed by atoms with Gasteiger partial charge < -0.3 is 9.84 Å². The van der Waals surface area contributed by atoms with Gasteiger partial charge in [-0.15, -0.1) is 0 Å². The van der Waals surface area contributed by atoms with Gasteiger partial charge in [-0.05, 0) is 6.42 Å². The normalized spacial score (nSPS) is 18.4. The van der Waals surface area contributed by atoms with Crippen LogP contribution in [0.2, 0.25) is 0 Å². The lowest BCUT2D eigenvalue weighted by Gasteiger charge is -2.11. The van der Waals surface area contributed by atoms with E-state index in [1.54, 1.807) is 0 Å². The summed E-state index contributed by atoms with van der Waals surface area (Å²) in [6.07, 6.45) is 1.81. The molecule has 0 bridgehead atoms. The van der Waals surface area contributed by atoms with Gasteiger partial charge in [0.2, 0.25) is 5.91 Å². The quantitative estimate of drug-likeness (QED) is 0.667. The molecule has 0 radical (unpaired) electrons. The number of rotatable bonds is 5. The van der Waals surface area contributed by atoms with E-state index in [9.17, 15) is 18.0 Å². The molecule has 3 heterocycles. The van der Waals surface area contributed by atoms with Gasteiger partial charge in [0.05, 0.1) is 17.8 Å². The first-order valence-electron chi connectivity index (χ1n) is 8.83. The molecule has 1 aliphatic heterocycles. The highest BCUT2D eigenvalue weighted by Crippen LogP contribution is 2.23. The fourth-order valence-corrected chi connectivity index (χ4v) is 4.90. The topological polar surface area (TPSA) is 124 Å². The second kappa shape index (κ2) is 7.19. The molecule has 1 aromatic carbocycles. The third kappa shape index (κ3) is 3.68. The Balaban J connectivity index is 1.47. The van der Waals surface area contributed by atoms with Crippen molar-refractivity contribution in [1.29, 1.82) is 0 Å². The molecule has 1 aliphatic rings. The maximum atomic E-state index is 12.6. The lowest BCUT2D eigenvalue weighted by atomic mass is 10.1. The number of carbonyl (C=O) groups excluding carboxylic acids is 1. The van der Waals surface area contributed by atoms with Gasteiger partial charge in [0.15, 0.2) is 9.84 Å². The number of fused-ring (bicyclic) bond motifs is 1. The summed E-state index contributed by atoms with van der Waals surface area (Å²) in [5, 5.41) is 6.66. The lowest BCUT2D eigenvalue weighted by Crippen LogP contribution is -2.36. The van der Waals surface area contributed by atoms with Crippen LogP contribution in [0.15, 0.2) is 46.0 Å². The minimum atomic E-state index is -3.06. The number of amides is 1. The average Bonchev–Trinajstić information content (AvgIpc) is 3.25. The van der Waals surface area contributed by atoms with Crippen molar-refractivity contribution in [2.75, 3.05) is 11.5 Å². The summed E-state index contributed by atoms with van der Waals surface area (Å²) in [5.41, 5.74) is 1.25. The van der Waals surface area contributed by atoms with Crippen LogP contribution in [0.25, 0.3) is 22.4 Å². The van der Waals surface area contributed by atoms with Gasteiger partial charge in [0.25, 0.3) is 11.1 Å². The van der Waals surface area contributed by atoms with Gasteiger partial charge in [-0.3, -0.25) is 14.2 Å². The van der Waals surface area contributed by atoms with E-state index < -0.39 is 15.4 Å². The van der Waals surface area contributed by atoms with E-state index >= 15 is 0 Å². The summed E-state index contributed by atoms with van der Waals surface area (Å²) in [5.74, 6) is -0.253. The number of hydrogen-bond donors (Lipinski definition) is 1. The first-order chi connectivity index (χ1) is 13.4. The zero-order chi connectivity index (χ0) is 19.7. The van der Waals surface area contributed by atoms with Gasteiger partial charge in [-0.25, -0.2) is 13.4 Å². The van der Waals surface area contributed by atoms with E-state index in [2.05, 4.69) is 15.5 Å². The van der Waals surface area contributed by atoms with Gasteiger partial charge >= 0.3 is 0 Å². The Kier molecular flexibility index (Phi) is 4.71. The second-order valence-corrected chi connectivity index (χ2v) is 8.96. The number of aromatic nitrogens is 3. The highest BCUT2D eigenvalue weighted by atomic mass is 32.2. The van der Waals surface area contributed by atoms with Crippen molar-refractivity contribution >= 4 is 26.8 Å². The van der Waals surface area contributed by atoms with Gasteiger partial charge in [0.1, 0.15) is 11.2 Å². The first kappa shape index (κ1) is 18.4. The van der Waals surface area contributed by atoms with E-state index in [1.165, 1.54) is 10.9 Å². The van der Waals surface area contributed by atoms with E-state index in [0.29, 0.717) is 17.6 Å². The summed E-state index contributed by atoms with van der Waals surface area (Å²) >= 11 is 0.